The molecule has 20 heavy (non-hydrogen) atoms. The number of alkyl halides is 1. The first-order valence-electron chi connectivity index (χ1n) is 7.63. The van der Waals surface area contributed by atoms with Crippen LogP contribution in [0.25, 0.3) is 0 Å². The van der Waals surface area contributed by atoms with Gasteiger partial charge in [-0.1, -0.05) is 60.9 Å². The van der Waals surface area contributed by atoms with Gasteiger partial charge < -0.3 is 9.47 Å². The maximum atomic E-state index is 6.46. The zero-order valence-electron chi connectivity index (χ0n) is 12.5. The largest absolute Gasteiger partial charge is 0.497 e. The summed E-state index contributed by atoms with van der Waals surface area (Å²) in [6.45, 7) is 2.29. The van der Waals surface area contributed by atoms with Gasteiger partial charge in [-0.2, -0.15) is 0 Å². The molecule has 0 aliphatic heterocycles. The summed E-state index contributed by atoms with van der Waals surface area (Å²) in [6.07, 6.45) is 7.13. The Hall–Kier alpha value is -0.290. The Kier molecular flexibility index (Phi) is 6.62. The molecule has 1 aliphatic carbocycles. The molecule has 3 unspecified atom stereocenters. The molecule has 3 heteroatoms. The van der Waals surface area contributed by atoms with Crippen molar-refractivity contribution in [2.24, 2.45) is 5.92 Å². The van der Waals surface area contributed by atoms with Crippen molar-refractivity contribution in [2.45, 2.75) is 51.2 Å². The van der Waals surface area contributed by atoms with Gasteiger partial charge in [0.2, 0.25) is 0 Å². The molecule has 0 spiro atoms. The molecule has 3 atom stereocenters. The summed E-state index contributed by atoms with van der Waals surface area (Å²) in [7, 11) is 1.70. The first-order valence-corrected chi connectivity index (χ1v) is 9.16. The maximum absolute atomic E-state index is 6.46. The fourth-order valence-corrected chi connectivity index (χ4v) is 3.77. The molecule has 0 bridgehead atoms. The van der Waals surface area contributed by atoms with E-state index in [1.165, 1.54) is 37.7 Å². The molecule has 112 valence electrons. The third kappa shape index (κ3) is 4.10. The Balaban J connectivity index is 2.03. The topological polar surface area (TPSA) is 18.5 Å². The molecule has 0 N–H and O–H groups in total. The van der Waals surface area contributed by atoms with E-state index in [0.717, 1.165) is 16.1 Å². The van der Waals surface area contributed by atoms with E-state index in [1.807, 2.05) is 12.1 Å². The highest BCUT2D eigenvalue weighted by Gasteiger charge is 2.27. The van der Waals surface area contributed by atoms with Crippen LogP contribution < -0.4 is 4.74 Å². The molecule has 1 saturated carbocycles. The van der Waals surface area contributed by atoms with Gasteiger partial charge in [0.1, 0.15) is 5.75 Å². The first-order chi connectivity index (χ1) is 9.78. The number of ether oxygens (including phenoxy) is 2. The second-order valence-corrected chi connectivity index (χ2v) is 6.42. The Labute approximate surface area is 136 Å². The predicted octanol–water partition coefficient (Wildman–Crippen LogP) is 5.16. The van der Waals surface area contributed by atoms with Gasteiger partial charge in [-0.15, -0.1) is 0 Å². The second kappa shape index (κ2) is 8.23. The Morgan fingerprint density at radius 2 is 1.90 bits per heavy atom. The monoisotopic (exact) mass is 388 g/mol. The average molecular weight is 388 g/mol. The zero-order valence-corrected chi connectivity index (χ0v) is 14.6. The third-order valence-electron chi connectivity index (χ3n) is 4.33. The summed E-state index contributed by atoms with van der Waals surface area (Å²) in [5.41, 5.74) is 1.26. The molecule has 2 nitrogen and oxygen atoms in total. The van der Waals surface area contributed by atoms with Crippen LogP contribution in [0.5, 0.6) is 5.75 Å². The molecule has 0 amide bonds. The van der Waals surface area contributed by atoms with Crippen molar-refractivity contribution in [1.82, 2.24) is 0 Å². The van der Waals surface area contributed by atoms with Crippen molar-refractivity contribution >= 4 is 22.6 Å². The summed E-state index contributed by atoms with van der Waals surface area (Å²) in [5, 5.41) is 0. The van der Waals surface area contributed by atoms with Gasteiger partial charge in [-0.05, 0) is 36.5 Å². The van der Waals surface area contributed by atoms with Gasteiger partial charge in [-0.25, -0.2) is 0 Å². The highest BCUT2D eigenvalue weighted by Crippen LogP contribution is 2.34. The van der Waals surface area contributed by atoms with Crippen molar-refractivity contribution in [3.63, 3.8) is 0 Å². The average Bonchev–Trinajstić information content (AvgIpc) is 2.53. The maximum Gasteiger partial charge on any atom is 0.118 e. The van der Waals surface area contributed by atoms with Crippen LogP contribution in [0.1, 0.15) is 50.7 Å². The Morgan fingerprint density at radius 3 is 2.50 bits per heavy atom. The van der Waals surface area contributed by atoms with E-state index in [0.29, 0.717) is 6.10 Å². The molecule has 1 aliphatic rings. The number of hydrogen-bond donors (Lipinski definition) is 0. The first kappa shape index (κ1) is 16.1. The van der Waals surface area contributed by atoms with Gasteiger partial charge in [0.05, 0.1) is 19.3 Å². The van der Waals surface area contributed by atoms with E-state index >= 15 is 0 Å². The van der Waals surface area contributed by atoms with Gasteiger partial charge in [0.25, 0.3) is 0 Å². The molecule has 1 aromatic rings. The van der Waals surface area contributed by atoms with Crippen molar-refractivity contribution in [3.8, 4) is 5.75 Å². The summed E-state index contributed by atoms with van der Waals surface area (Å²) in [6, 6.07) is 8.31. The quantitative estimate of drug-likeness (QED) is 0.495. The van der Waals surface area contributed by atoms with Crippen molar-refractivity contribution in [3.05, 3.63) is 29.8 Å². The third-order valence-corrected chi connectivity index (χ3v) is 5.13. The lowest BCUT2D eigenvalue weighted by Crippen LogP contribution is -2.29. The number of halogens is 1. The second-order valence-electron chi connectivity index (χ2n) is 5.54. The molecule has 0 saturated heterocycles. The molecule has 1 fully saturated rings. The number of methoxy groups -OCH3 is 1. The van der Waals surface area contributed by atoms with Crippen LogP contribution in [0, 0.1) is 5.92 Å². The van der Waals surface area contributed by atoms with E-state index in [2.05, 4.69) is 41.6 Å². The van der Waals surface area contributed by atoms with E-state index in [-0.39, 0.29) is 6.10 Å². The minimum absolute atomic E-state index is 0.207. The molecule has 0 heterocycles. The molecule has 0 radical (unpaired) electrons. The predicted molar refractivity (Wildman–Crippen MR) is 91.7 cm³/mol. The van der Waals surface area contributed by atoms with E-state index in [9.17, 15) is 0 Å². The van der Waals surface area contributed by atoms with Crippen molar-refractivity contribution in [1.29, 1.82) is 0 Å². The Morgan fingerprint density at radius 1 is 1.20 bits per heavy atom. The molecular formula is C17H25IO2. The van der Waals surface area contributed by atoms with Crippen LogP contribution in [0.3, 0.4) is 0 Å². The Bertz CT molecular complexity index is 390. The van der Waals surface area contributed by atoms with Crippen LogP contribution in [0.15, 0.2) is 24.3 Å². The van der Waals surface area contributed by atoms with E-state index in [1.54, 1.807) is 7.11 Å². The summed E-state index contributed by atoms with van der Waals surface area (Å²) >= 11 is 2.43. The van der Waals surface area contributed by atoms with E-state index < -0.39 is 0 Å². The molecule has 2 rings (SSSR count). The van der Waals surface area contributed by atoms with E-state index in [4.69, 9.17) is 9.47 Å². The summed E-state index contributed by atoms with van der Waals surface area (Å²) in [4.78, 5) is 0. The van der Waals surface area contributed by atoms with Crippen molar-refractivity contribution in [2.75, 3.05) is 11.5 Å². The minimum Gasteiger partial charge on any atom is -0.497 e. The number of rotatable bonds is 6. The molecule has 0 aromatic heterocycles. The number of hydrogen-bond acceptors (Lipinski definition) is 2. The number of benzene rings is 1. The lowest BCUT2D eigenvalue weighted by Gasteiger charge is -2.33. The van der Waals surface area contributed by atoms with Crippen molar-refractivity contribution < 1.29 is 9.47 Å². The fourth-order valence-electron chi connectivity index (χ4n) is 3.05. The SMILES string of the molecule is CCC1CCCCC1OC(CI)c1ccc(OC)cc1. The minimum atomic E-state index is 0.207. The zero-order chi connectivity index (χ0) is 14.4. The van der Waals surface area contributed by atoms with Gasteiger partial charge in [0.15, 0.2) is 0 Å². The van der Waals surface area contributed by atoms with Crippen LogP contribution in [0.2, 0.25) is 0 Å². The fraction of sp³-hybridized carbons (Fsp3) is 0.647. The smallest absolute Gasteiger partial charge is 0.118 e. The highest BCUT2D eigenvalue weighted by molar-refractivity contribution is 14.1. The van der Waals surface area contributed by atoms with Crippen LogP contribution in [0.4, 0.5) is 0 Å². The van der Waals surface area contributed by atoms with Gasteiger partial charge in [-0.3, -0.25) is 0 Å². The van der Waals surface area contributed by atoms with Gasteiger partial charge in [0, 0.05) is 4.43 Å². The van der Waals surface area contributed by atoms with Crippen LogP contribution >= 0.6 is 22.6 Å². The lowest BCUT2D eigenvalue weighted by molar-refractivity contribution is -0.0517. The highest BCUT2D eigenvalue weighted by atomic mass is 127. The standard InChI is InChI=1S/C17H25IO2/c1-3-13-6-4-5-7-16(13)20-17(12-18)14-8-10-15(19-2)11-9-14/h8-11,13,16-17H,3-7,12H2,1-2H3. The molecule has 1 aromatic carbocycles. The van der Waals surface area contributed by atoms with Crippen LogP contribution in [-0.2, 0) is 4.74 Å². The van der Waals surface area contributed by atoms with Crippen LogP contribution in [-0.4, -0.2) is 17.6 Å². The normalized spacial score (nSPS) is 24.4. The van der Waals surface area contributed by atoms with Gasteiger partial charge >= 0.3 is 0 Å². The lowest BCUT2D eigenvalue weighted by atomic mass is 9.84. The molecular weight excluding hydrogens is 363 g/mol. The summed E-state index contributed by atoms with van der Waals surface area (Å²) in [5.74, 6) is 1.65. The summed E-state index contributed by atoms with van der Waals surface area (Å²) < 4.78 is 12.7.